The summed E-state index contributed by atoms with van der Waals surface area (Å²) in [6, 6.07) is 7.92. The van der Waals surface area contributed by atoms with Gasteiger partial charge in [-0.25, -0.2) is 8.42 Å². The molecule has 0 saturated heterocycles. The van der Waals surface area contributed by atoms with Gasteiger partial charge in [-0.1, -0.05) is 30.3 Å². The van der Waals surface area contributed by atoms with Crippen LogP contribution in [0.15, 0.2) is 41.3 Å². The van der Waals surface area contributed by atoms with Crippen molar-refractivity contribution in [3.05, 3.63) is 36.4 Å². The minimum atomic E-state index is -5.58. The van der Waals surface area contributed by atoms with Gasteiger partial charge in [0.1, 0.15) is 10.6 Å². The number of rotatable bonds is 1. The van der Waals surface area contributed by atoms with Crippen molar-refractivity contribution in [2.24, 2.45) is 0 Å². The zero-order valence-corrected chi connectivity index (χ0v) is 9.59. The Labute approximate surface area is 100 Å². The summed E-state index contributed by atoms with van der Waals surface area (Å²) < 4.78 is 60.4. The molecule has 0 radical (unpaired) electrons. The summed E-state index contributed by atoms with van der Waals surface area (Å²) in [5.74, 6) is -0.911. The average molecular weight is 276 g/mol. The minimum absolute atomic E-state index is 0.158. The number of hydrogen-bond donors (Lipinski definition) is 1. The van der Waals surface area contributed by atoms with E-state index in [2.05, 4.69) is 0 Å². The predicted molar refractivity (Wildman–Crippen MR) is 58.9 cm³/mol. The van der Waals surface area contributed by atoms with Crippen molar-refractivity contribution in [3.63, 3.8) is 0 Å². The molecule has 0 fully saturated rings. The number of aromatic hydroxyl groups is 1. The van der Waals surface area contributed by atoms with Gasteiger partial charge >= 0.3 is 5.51 Å². The first kappa shape index (κ1) is 12.7. The number of sulfone groups is 1. The molecule has 0 saturated carbocycles. The minimum Gasteiger partial charge on any atom is -0.507 e. The van der Waals surface area contributed by atoms with Crippen LogP contribution < -0.4 is 0 Å². The summed E-state index contributed by atoms with van der Waals surface area (Å²) in [4.78, 5) is -1.10. The molecule has 0 heterocycles. The van der Waals surface area contributed by atoms with Crippen LogP contribution in [-0.4, -0.2) is 19.0 Å². The summed E-state index contributed by atoms with van der Waals surface area (Å²) in [5, 5.41) is 9.57. The van der Waals surface area contributed by atoms with Crippen LogP contribution in [0.5, 0.6) is 5.75 Å². The van der Waals surface area contributed by atoms with E-state index in [0.717, 1.165) is 6.07 Å². The molecule has 0 unspecified atom stereocenters. The van der Waals surface area contributed by atoms with Gasteiger partial charge in [0.05, 0.1) is 0 Å². The van der Waals surface area contributed by atoms with E-state index in [4.69, 9.17) is 0 Å². The Morgan fingerprint density at radius 2 is 1.61 bits per heavy atom. The highest BCUT2D eigenvalue weighted by Crippen LogP contribution is 2.39. The summed E-state index contributed by atoms with van der Waals surface area (Å²) >= 11 is 0. The van der Waals surface area contributed by atoms with Gasteiger partial charge in [-0.3, -0.25) is 0 Å². The third-order valence-corrected chi connectivity index (χ3v) is 4.01. The Kier molecular flexibility index (Phi) is 2.73. The molecule has 96 valence electrons. The van der Waals surface area contributed by atoms with E-state index in [1.165, 1.54) is 24.3 Å². The van der Waals surface area contributed by atoms with Crippen LogP contribution in [0.3, 0.4) is 0 Å². The molecular weight excluding hydrogens is 269 g/mol. The Bertz CT molecular complexity index is 705. The summed E-state index contributed by atoms with van der Waals surface area (Å²) in [5.41, 5.74) is -5.45. The van der Waals surface area contributed by atoms with Crippen LogP contribution in [0, 0.1) is 0 Å². The van der Waals surface area contributed by atoms with Gasteiger partial charge < -0.3 is 5.11 Å². The zero-order valence-electron chi connectivity index (χ0n) is 8.77. The quantitative estimate of drug-likeness (QED) is 0.871. The molecule has 0 atom stereocenters. The number of phenolic OH excluding ortho intramolecular Hbond substituents is 1. The van der Waals surface area contributed by atoms with Gasteiger partial charge in [0.2, 0.25) is 0 Å². The fourth-order valence-corrected chi connectivity index (χ4v) is 2.68. The van der Waals surface area contributed by atoms with Crippen LogP contribution in [0.1, 0.15) is 0 Å². The fourth-order valence-electron chi connectivity index (χ4n) is 1.63. The van der Waals surface area contributed by atoms with Crippen molar-refractivity contribution >= 4 is 20.6 Å². The second-order valence-electron chi connectivity index (χ2n) is 3.58. The summed E-state index contributed by atoms with van der Waals surface area (Å²) in [6.45, 7) is 0. The first-order chi connectivity index (χ1) is 8.25. The summed E-state index contributed by atoms with van der Waals surface area (Å²) in [6.07, 6.45) is 0. The zero-order chi connectivity index (χ0) is 13.6. The first-order valence-corrected chi connectivity index (χ1v) is 6.25. The van der Waals surface area contributed by atoms with Gasteiger partial charge in [0, 0.05) is 5.39 Å². The monoisotopic (exact) mass is 276 g/mol. The topological polar surface area (TPSA) is 54.4 Å². The van der Waals surface area contributed by atoms with E-state index in [9.17, 15) is 26.7 Å². The highest BCUT2D eigenvalue weighted by atomic mass is 32.2. The predicted octanol–water partition coefficient (Wildman–Crippen LogP) is 2.84. The Morgan fingerprint density at radius 1 is 1.00 bits per heavy atom. The molecule has 2 rings (SSSR count). The maximum atomic E-state index is 12.5. The molecule has 1 N–H and O–H groups in total. The van der Waals surface area contributed by atoms with E-state index < -0.39 is 26.0 Å². The molecule has 0 amide bonds. The smallest absolute Gasteiger partial charge is 0.502 e. The highest BCUT2D eigenvalue weighted by Gasteiger charge is 2.48. The number of halogens is 3. The standard InChI is InChI=1S/C11H7F3O3S/c12-11(13,14)18(16,17)10-8-4-2-1-3-7(8)5-6-9(10)15/h1-6,15H. The molecule has 0 aliphatic rings. The van der Waals surface area contributed by atoms with Gasteiger partial charge in [-0.2, -0.15) is 13.2 Å². The van der Waals surface area contributed by atoms with E-state index in [1.807, 2.05) is 0 Å². The van der Waals surface area contributed by atoms with Crippen LogP contribution >= 0.6 is 0 Å². The molecule has 0 aliphatic heterocycles. The highest BCUT2D eigenvalue weighted by molar-refractivity contribution is 7.92. The SMILES string of the molecule is O=S(=O)(c1c(O)ccc2ccccc12)C(F)(F)F. The van der Waals surface area contributed by atoms with Crippen LogP contribution in [-0.2, 0) is 9.84 Å². The van der Waals surface area contributed by atoms with Crippen molar-refractivity contribution in [2.45, 2.75) is 10.4 Å². The van der Waals surface area contributed by atoms with Gasteiger partial charge in [0.15, 0.2) is 0 Å². The largest absolute Gasteiger partial charge is 0.507 e. The molecule has 0 spiro atoms. The maximum absolute atomic E-state index is 12.5. The Hall–Kier alpha value is -1.76. The molecule has 7 heteroatoms. The van der Waals surface area contributed by atoms with Crippen molar-refractivity contribution in [2.75, 3.05) is 0 Å². The van der Waals surface area contributed by atoms with E-state index in [0.29, 0.717) is 5.39 Å². The first-order valence-electron chi connectivity index (χ1n) is 4.77. The number of alkyl halides is 3. The maximum Gasteiger partial charge on any atom is 0.502 e. The number of hydrogen-bond acceptors (Lipinski definition) is 3. The van der Waals surface area contributed by atoms with Crippen LogP contribution in [0.2, 0.25) is 0 Å². The van der Waals surface area contributed by atoms with Crippen LogP contribution in [0.25, 0.3) is 10.8 Å². The lowest BCUT2D eigenvalue weighted by atomic mass is 10.1. The van der Waals surface area contributed by atoms with E-state index >= 15 is 0 Å². The van der Waals surface area contributed by atoms with Gasteiger partial charge in [0.25, 0.3) is 9.84 Å². The normalized spacial score (nSPS) is 12.8. The molecule has 0 aromatic heterocycles. The molecular formula is C11H7F3O3S. The van der Waals surface area contributed by atoms with Crippen molar-refractivity contribution in [1.82, 2.24) is 0 Å². The van der Waals surface area contributed by atoms with Crippen molar-refractivity contribution in [1.29, 1.82) is 0 Å². The number of benzene rings is 2. The lowest BCUT2D eigenvalue weighted by molar-refractivity contribution is -0.0436. The molecule has 0 aliphatic carbocycles. The van der Waals surface area contributed by atoms with E-state index in [1.54, 1.807) is 6.07 Å². The van der Waals surface area contributed by atoms with Gasteiger partial charge in [-0.15, -0.1) is 0 Å². The summed E-state index contributed by atoms with van der Waals surface area (Å²) in [7, 11) is -5.58. The molecule has 2 aromatic rings. The second kappa shape index (κ2) is 3.88. The lowest BCUT2D eigenvalue weighted by Crippen LogP contribution is -2.23. The lowest BCUT2D eigenvalue weighted by Gasteiger charge is -2.12. The third kappa shape index (κ3) is 1.80. The fraction of sp³-hybridized carbons (Fsp3) is 0.0909. The number of fused-ring (bicyclic) bond motifs is 1. The molecule has 2 aromatic carbocycles. The van der Waals surface area contributed by atoms with Crippen LogP contribution in [0.4, 0.5) is 13.2 Å². The second-order valence-corrected chi connectivity index (χ2v) is 5.46. The molecule has 0 bridgehead atoms. The van der Waals surface area contributed by atoms with Gasteiger partial charge in [-0.05, 0) is 11.5 Å². The molecule has 3 nitrogen and oxygen atoms in total. The van der Waals surface area contributed by atoms with E-state index in [-0.39, 0.29) is 5.39 Å². The third-order valence-electron chi connectivity index (χ3n) is 2.43. The number of phenols is 1. The Morgan fingerprint density at radius 3 is 2.22 bits per heavy atom. The molecule has 18 heavy (non-hydrogen) atoms. The van der Waals surface area contributed by atoms with Crippen molar-refractivity contribution in [3.8, 4) is 5.75 Å². The van der Waals surface area contributed by atoms with Crippen molar-refractivity contribution < 1.29 is 26.7 Å². The average Bonchev–Trinajstić information content (AvgIpc) is 2.26. The Balaban J connectivity index is 2.91.